The van der Waals surface area contributed by atoms with Crippen molar-refractivity contribution in [2.24, 2.45) is 0 Å². The van der Waals surface area contributed by atoms with Gasteiger partial charge in [0.1, 0.15) is 17.0 Å². The van der Waals surface area contributed by atoms with Crippen molar-refractivity contribution >= 4 is 61.6 Å². The number of nitrogens with one attached hydrogen (secondary N) is 1. The Morgan fingerprint density at radius 3 is 2.76 bits per heavy atom. The van der Waals surface area contributed by atoms with Crippen LogP contribution in [0.2, 0.25) is 5.02 Å². The van der Waals surface area contributed by atoms with Crippen LogP contribution in [-0.2, 0) is 0 Å². The molecular formula is C14H14Cl2N4S. The number of aromatic nitrogens is 3. The minimum absolute atomic E-state index is 0. The van der Waals surface area contributed by atoms with E-state index in [4.69, 9.17) is 11.6 Å². The van der Waals surface area contributed by atoms with Gasteiger partial charge in [0.2, 0.25) is 0 Å². The lowest BCUT2D eigenvalue weighted by atomic mass is 10.1. The van der Waals surface area contributed by atoms with E-state index in [9.17, 15) is 0 Å². The molecule has 21 heavy (non-hydrogen) atoms. The molecule has 1 saturated carbocycles. The first-order valence-corrected chi connectivity index (χ1v) is 7.81. The van der Waals surface area contributed by atoms with Gasteiger partial charge in [-0.1, -0.05) is 11.6 Å². The molecule has 0 radical (unpaired) electrons. The van der Waals surface area contributed by atoms with Gasteiger partial charge in [0.15, 0.2) is 0 Å². The average molecular weight is 341 g/mol. The summed E-state index contributed by atoms with van der Waals surface area (Å²) >= 11 is 7.97. The number of fused-ring (bicyclic) bond motifs is 3. The Hall–Kier alpha value is -1.17. The molecule has 0 bridgehead atoms. The summed E-state index contributed by atoms with van der Waals surface area (Å²) in [5.41, 5.74) is 2.87. The molecule has 0 atom stereocenters. The summed E-state index contributed by atoms with van der Waals surface area (Å²) in [6.07, 6.45) is 4.06. The highest BCUT2D eigenvalue weighted by atomic mass is 35.5. The second-order valence-corrected chi connectivity index (χ2v) is 6.61. The van der Waals surface area contributed by atoms with E-state index in [1.54, 1.807) is 17.7 Å². The van der Waals surface area contributed by atoms with Crippen molar-refractivity contribution in [3.05, 3.63) is 22.6 Å². The van der Waals surface area contributed by atoms with Gasteiger partial charge in [-0.05, 0) is 32.3 Å². The number of nitrogens with zero attached hydrogens (tertiary/aromatic N) is 3. The fraction of sp³-hybridized carbons (Fsp3) is 0.357. The number of anilines is 1. The van der Waals surface area contributed by atoms with Crippen molar-refractivity contribution in [3.8, 4) is 0 Å². The molecule has 110 valence electrons. The van der Waals surface area contributed by atoms with Crippen molar-refractivity contribution in [1.82, 2.24) is 15.0 Å². The molecule has 7 heteroatoms. The van der Waals surface area contributed by atoms with E-state index in [1.165, 1.54) is 12.8 Å². The van der Waals surface area contributed by atoms with Gasteiger partial charge >= 0.3 is 0 Å². The smallest absolute Gasteiger partial charge is 0.147 e. The standard InChI is InChI=1S/C14H13ClN4S.ClH/c1-6-9-11-12(20-14(9)18-7(2)10(6)15)13(17-5-16-11)19-8-3-4-8;/h5,8H,3-4H2,1-2H3,(H,16,17,19);1H. The van der Waals surface area contributed by atoms with Gasteiger partial charge in [0.05, 0.1) is 20.9 Å². The largest absolute Gasteiger partial charge is 0.366 e. The van der Waals surface area contributed by atoms with Gasteiger partial charge in [-0.2, -0.15) is 0 Å². The molecule has 4 nitrogen and oxygen atoms in total. The number of hydrogen-bond acceptors (Lipinski definition) is 5. The molecule has 0 spiro atoms. The van der Waals surface area contributed by atoms with Crippen molar-refractivity contribution in [2.45, 2.75) is 32.7 Å². The van der Waals surface area contributed by atoms with E-state index in [0.717, 1.165) is 42.5 Å². The maximum absolute atomic E-state index is 6.33. The number of hydrogen-bond donors (Lipinski definition) is 1. The second-order valence-electron chi connectivity index (χ2n) is 5.24. The van der Waals surface area contributed by atoms with Crippen LogP contribution < -0.4 is 5.32 Å². The summed E-state index contributed by atoms with van der Waals surface area (Å²) in [5, 5.41) is 5.25. The first-order chi connectivity index (χ1) is 9.65. The first-order valence-electron chi connectivity index (χ1n) is 6.61. The molecule has 3 aromatic heterocycles. The topological polar surface area (TPSA) is 50.7 Å². The van der Waals surface area contributed by atoms with Crippen LogP contribution in [0.3, 0.4) is 0 Å². The Labute approximate surface area is 137 Å². The summed E-state index contributed by atoms with van der Waals surface area (Å²) in [6.45, 7) is 3.97. The molecule has 1 aliphatic carbocycles. The zero-order valence-corrected chi connectivity index (χ0v) is 14.0. The minimum Gasteiger partial charge on any atom is -0.366 e. The van der Waals surface area contributed by atoms with Crippen molar-refractivity contribution < 1.29 is 0 Å². The highest BCUT2D eigenvalue weighted by molar-refractivity contribution is 7.26. The van der Waals surface area contributed by atoms with Gasteiger partial charge in [-0.25, -0.2) is 15.0 Å². The summed E-state index contributed by atoms with van der Waals surface area (Å²) in [7, 11) is 0. The maximum atomic E-state index is 6.33. The number of halogens is 2. The monoisotopic (exact) mass is 340 g/mol. The molecule has 0 amide bonds. The molecule has 0 saturated heterocycles. The summed E-state index contributed by atoms with van der Waals surface area (Å²) in [5.74, 6) is 0.925. The van der Waals surface area contributed by atoms with Crippen LogP contribution in [-0.4, -0.2) is 21.0 Å². The van der Waals surface area contributed by atoms with Crippen LogP contribution in [0, 0.1) is 13.8 Å². The van der Waals surface area contributed by atoms with Gasteiger partial charge in [-0.15, -0.1) is 23.7 Å². The SMILES string of the molecule is Cc1nc2sc3c(NC4CC4)ncnc3c2c(C)c1Cl.Cl. The molecule has 1 N–H and O–H groups in total. The van der Waals surface area contributed by atoms with Crippen LogP contribution >= 0.6 is 35.3 Å². The average Bonchev–Trinajstić information content (AvgIpc) is 3.16. The van der Waals surface area contributed by atoms with E-state index in [-0.39, 0.29) is 12.4 Å². The zero-order chi connectivity index (χ0) is 13.9. The number of rotatable bonds is 2. The third kappa shape index (κ3) is 2.33. The number of aryl methyl sites for hydroxylation is 2. The van der Waals surface area contributed by atoms with Crippen LogP contribution in [0.25, 0.3) is 20.4 Å². The Kier molecular flexibility index (Phi) is 3.67. The van der Waals surface area contributed by atoms with Gasteiger partial charge in [-0.3, -0.25) is 0 Å². The van der Waals surface area contributed by atoms with Gasteiger partial charge < -0.3 is 5.32 Å². The molecule has 0 unspecified atom stereocenters. The third-order valence-corrected chi connectivity index (χ3v) is 5.30. The fourth-order valence-electron chi connectivity index (χ4n) is 2.42. The van der Waals surface area contributed by atoms with E-state index in [2.05, 4.69) is 20.3 Å². The zero-order valence-electron chi connectivity index (χ0n) is 11.6. The summed E-state index contributed by atoms with van der Waals surface area (Å²) in [4.78, 5) is 14.4. The van der Waals surface area contributed by atoms with Crippen molar-refractivity contribution in [2.75, 3.05) is 5.32 Å². The normalized spacial score (nSPS) is 14.4. The van der Waals surface area contributed by atoms with E-state index < -0.39 is 0 Å². The lowest BCUT2D eigenvalue weighted by Gasteiger charge is -2.04. The van der Waals surface area contributed by atoms with Crippen LogP contribution in [0.1, 0.15) is 24.1 Å². The highest BCUT2D eigenvalue weighted by Crippen LogP contribution is 2.40. The summed E-state index contributed by atoms with van der Waals surface area (Å²) in [6, 6.07) is 0.567. The molecule has 1 fully saturated rings. The van der Waals surface area contributed by atoms with E-state index >= 15 is 0 Å². The third-order valence-electron chi connectivity index (χ3n) is 3.66. The lowest BCUT2D eigenvalue weighted by Crippen LogP contribution is -2.03. The summed E-state index contributed by atoms with van der Waals surface area (Å²) < 4.78 is 1.08. The Morgan fingerprint density at radius 1 is 1.29 bits per heavy atom. The molecule has 3 aromatic rings. The number of thiophene rings is 1. The second kappa shape index (κ2) is 5.23. The minimum atomic E-state index is 0. The predicted octanol–water partition coefficient (Wildman–Crippen LogP) is 4.51. The van der Waals surface area contributed by atoms with Gasteiger partial charge in [0.25, 0.3) is 0 Å². The molecule has 0 aromatic carbocycles. The van der Waals surface area contributed by atoms with E-state index in [1.807, 2.05) is 13.8 Å². The Balaban J connectivity index is 0.00000132. The lowest BCUT2D eigenvalue weighted by molar-refractivity contribution is 1.11. The molecule has 1 aliphatic rings. The van der Waals surface area contributed by atoms with E-state index in [0.29, 0.717) is 6.04 Å². The number of pyridine rings is 1. The first kappa shape index (κ1) is 14.8. The van der Waals surface area contributed by atoms with Crippen molar-refractivity contribution in [3.63, 3.8) is 0 Å². The fourth-order valence-corrected chi connectivity index (χ4v) is 3.74. The molecule has 3 heterocycles. The molecule has 4 rings (SSSR count). The Bertz CT molecular complexity index is 842. The van der Waals surface area contributed by atoms with Crippen LogP contribution in [0.5, 0.6) is 0 Å². The quantitative estimate of drug-likeness (QED) is 0.745. The Morgan fingerprint density at radius 2 is 2.05 bits per heavy atom. The van der Waals surface area contributed by atoms with Crippen LogP contribution in [0.15, 0.2) is 6.33 Å². The molecular weight excluding hydrogens is 327 g/mol. The highest BCUT2D eigenvalue weighted by Gasteiger charge is 2.24. The maximum Gasteiger partial charge on any atom is 0.147 e. The van der Waals surface area contributed by atoms with Crippen LogP contribution in [0.4, 0.5) is 5.82 Å². The molecule has 0 aliphatic heterocycles. The van der Waals surface area contributed by atoms with Crippen molar-refractivity contribution in [1.29, 1.82) is 0 Å². The predicted molar refractivity (Wildman–Crippen MR) is 91.1 cm³/mol. The van der Waals surface area contributed by atoms with Gasteiger partial charge in [0, 0.05) is 11.4 Å².